The Balaban J connectivity index is 0.990. The quantitative estimate of drug-likeness (QED) is 0.177. The van der Waals surface area contributed by atoms with Crippen LogP contribution in [0.2, 0.25) is 0 Å². The lowest BCUT2D eigenvalue weighted by molar-refractivity contribution is 0.669. The van der Waals surface area contributed by atoms with Crippen molar-refractivity contribution in [1.29, 1.82) is 0 Å². The maximum atomic E-state index is 6.46. The monoisotopic (exact) mass is 731 g/mol. The molecule has 0 fully saturated rings. The van der Waals surface area contributed by atoms with Crippen molar-refractivity contribution in [2.75, 3.05) is 0 Å². The summed E-state index contributed by atoms with van der Waals surface area (Å²) in [6, 6.07) is 55.9. The highest BCUT2D eigenvalue weighted by Crippen LogP contribution is 2.43. The number of benzene rings is 6. The minimum Gasteiger partial charge on any atom is -0.456 e. The highest BCUT2D eigenvalue weighted by molar-refractivity contribution is 6.10. The Morgan fingerprint density at radius 2 is 1.18 bits per heavy atom. The summed E-state index contributed by atoms with van der Waals surface area (Å²) in [5.74, 6) is 0. The standard InChI is InChI=1S/C51H33N5O/c1-2-10-35(11-3-1)55-44-21-17-32(29-41(44)50-46(55)15-8-26-53-50)33-19-23-48-39(28-33)40-31-36(20-24-49(40)57-48)56-45-22-18-34(30-42(45)51-47(56)16-9-27-54-51)37-12-4-5-13-38(37)43-14-6-7-25-52-43/h1-8,10-15,17-31H,9,16H2. The van der Waals surface area contributed by atoms with Gasteiger partial charge in [0.2, 0.25) is 0 Å². The van der Waals surface area contributed by atoms with Crippen LogP contribution in [0.1, 0.15) is 12.1 Å². The molecule has 1 aliphatic rings. The number of rotatable bonds is 5. The number of pyridine rings is 2. The van der Waals surface area contributed by atoms with Crippen LogP contribution in [0.3, 0.4) is 0 Å². The SMILES string of the molecule is C1=Nc2c(n(-c3ccc4oc5ccc(-c6ccc7c(c6)c6ncccc6n7-c6ccccc6)cc5c4c3)c3ccc(-c4ccccc4-c4ccccn4)cc23)CC1. The topological polar surface area (TPSA) is 61.1 Å². The highest BCUT2D eigenvalue weighted by Gasteiger charge is 2.22. The lowest BCUT2D eigenvalue weighted by Crippen LogP contribution is -2.02. The Kier molecular flexibility index (Phi) is 6.95. The molecule has 0 radical (unpaired) electrons. The fraction of sp³-hybridized carbons (Fsp3) is 0.0392. The molecule has 0 N–H and O–H groups in total. The van der Waals surface area contributed by atoms with Crippen molar-refractivity contribution in [3.05, 3.63) is 176 Å². The summed E-state index contributed by atoms with van der Waals surface area (Å²) >= 11 is 0. The van der Waals surface area contributed by atoms with Crippen molar-refractivity contribution in [2.45, 2.75) is 12.8 Å². The number of para-hydroxylation sites is 1. The third kappa shape index (κ3) is 4.94. The van der Waals surface area contributed by atoms with Crippen LogP contribution in [0.5, 0.6) is 0 Å². The van der Waals surface area contributed by atoms with Gasteiger partial charge in [-0.15, -0.1) is 0 Å². The van der Waals surface area contributed by atoms with Gasteiger partial charge in [-0.05, 0) is 126 Å². The van der Waals surface area contributed by atoms with Gasteiger partial charge in [-0.25, -0.2) is 0 Å². The molecule has 0 saturated heterocycles. The molecule has 57 heavy (non-hydrogen) atoms. The molecule has 6 aromatic carbocycles. The second kappa shape index (κ2) is 12.5. The molecule has 5 aromatic heterocycles. The Morgan fingerprint density at radius 3 is 2.04 bits per heavy atom. The van der Waals surface area contributed by atoms with E-state index in [1.54, 1.807) is 0 Å². The summed E-state index contributed by atoms with van der Waals surface area (Å²) in [5.41, 5.74) is 17.2. The largest absolute Gasteiger partial charge is 0.456 e. The zero-order chi connectivity index (χ0) is 37.5. The molecule has 268 valence electrons. The number of fused-ring (bicyclic) bond motifs is 9. The van der Waals surface area contributed by atoms with Gasteiger partial charge in [0, 0.05) is 62.8 Å². The highest BCUT2D eigenvalue weighted by atomic mass is 16.3. The first kappa shape index (κ1) is 31.7. The van der Waals surface area contributed by atoms with Gasteiger partial charge < -0.3 is 13.6 Å². The van der Waals surface area contributed by atoms with E-state index in [4.69, 9.17) is 14.4 Å². The fourth-order valence-corrected chi connectivity index (χ4v) is 8.96. The van der Waals surface area contributed by atoms with Crippen molar-refractivity contribution in [3.8, 4) is 44.9 Å². The van der Waals surface area contributed by atoms with Crippen LogP contribution in [0.15, 0.2) is 180 Å². The van der Waals surface area contributed by atoms with Crippen molar-refractivity contribution in [3.63, 3.8) is 0 Å². The van der Waals surface area contributed by atoms with E-state index in [0.717, 1.165) is 118 Å². The predicted octanol–water partition coefficient (Wildman–Crippen LogP) is 13.1. The van der Waals surface area contributed by atoms with Crippen LogP contribution < -0.4 is 0 Å². The molecule has 6 heteroatoms. The number of hydrogen-bond acceptors (Lipinski definition) is 4. The van der Waals surface area contributed by atoms with Crippen molar-refractivity contribution < 1.29 is 4.42 Å². The number of furan rings is 1. The third-order valence-corrected chi connectivity index (χ3v) is 11.5. The molecule has 6 heterocycles. The number of aliphatic imine (C=N–C) groups is 1. The number of aromatic nitrogens is 4. The van der Waals surface area contributed by atoms with E-state index >= 15 is 0 Å². The summed E-state index contributed by atoms with van der Waals surface area (Å²) in [4.78, 5) is 14.5. The Morgan fingerprint density at radius 1 is 0.474 bits per heavy atom. The first-order valence-electron chi connectivity index (χ1n) is 19.4. The van der Waals surface area contributed by atoms with Gasteiger partial charge in [0.1, 0.15) is 11.2 Å². The van der Waals surface area contributed by atoms with Gasteiger partial charge in [-0.1, -0.05) is 66.7 Å². The van der Waals surface area contributed by atoms with E-state index < -0.39 is 0 Å². The van der Waals surface area contributed by atoms with Crippen LogP contribution in [0, 0.1) is 0 Å². The summed E-state index contributed by atoms with van der Waals surface area (Å²) in [5, 5.41) is 4.45. The number of hydrogen-bond donors (Lipinski definition) is 0. The Labute approximate surface area is 327 Å². The van der Waals surface area contributed by atoms with Gasteiger partial charge in [0.25, 0.3) is 0 Å². The Hall–Kier alpha value is -7.57. The molecule has 0 amide bonds. The van der Waals surface area contributed by atoms with Crippen LogP contribution in [-0.2, 0) is 6.42 Å². The molecule has 1 aliphatic heterocycles. The van der Waals surface area contributed by atoms with E-state index in [-0.39, 0.29) is 0 Å². The average Bonchev–Trinajstić information content (AvgIpc) is 3.93. The predicted molar refractivity (Wildman–Crippen MR) is 233 cm³/mol. The van der Waals surface area contributed by atoms with Gasteiger partial charge >= 0.3 is 0 Å². The maximum Gasteiger partial charge on any atom is 0.135 e. The first-order chi connectivity index (χ1) is 28.3. The van der Waals surface area contributed by atoms with Crippen LogP contribution in [0.25, 0.3) is 99.7 Å². The molecule has 6 nitrogen and oxygen atoms in total. The van der Waals surface area contributed by atoms with Crippen molar-refractivity contribution in [2.24, 2.45) is 4.99 Å². The minimum absolute atomic E-state index is 0.869. The lowest BCUT2D eigenvalue weighted by atomic mass is 9.96. The van der Waals surface area contributed by atoms with Gasteiger partial charge in [0.05, 0.1) is 33.4 Å². The van der Waals surface area contributed by atoms with Gasteiger partial charge in [-0.2, -0.15) is 0 Å². The van der Waals surface area contributed by atoms with E-state index in [9.17, 15) is 0 Å². The summed E-state index contributed by atoms with van der Waals surface area (Å²) in [7, 11) is 0. The van der Waals surface area contributed by atoms with E-state index in [0.29, 0.717) is 0 Å². The second-order valence-electron chi connectivity index (χ2n) is 14.7. The zero-order valence-corrected chi connectivity index (χ0v) is 30.8. The van der Waals surface area contributed by atoms with Crippen LogP contribution >= 0.6 is 0 Å². The van der Waals surface area contributed by atoms with E-state index in [1.807, 2.05) is 30.6 Å². The summed E-state index contributed by atoms with van der Waals surface area (Å²) in [6.45, 7) is 0. The molecule has 0 atom stereocenters. The molecule has 0 spiro atoms. The van der Waals surface area contributed by atoms with E-state index in [1.165, 1.54) is 5.69 Å². The molecule has 11 aromatic rings. The molecular weight excluding hydrogens is 699 g/mol. The lowest BCUT2D eigenvalue weighted by Gasteiger charge is -2.13. The van der Waals surface area contributed by atoms with Gasteiger partial charge in [0.15, 0.2) is 0 Å². The zero-order valence-electron chi connectivity index (χ0n) is 30.8. The number of nitrogens with zero attached hydrogens (tertiary/aromatic N) is 5. The van der Waals surface area contributed by atoms with E-state index in [2.05, 4.69) is 160 Å². The third-order valence-electron chi connectivity index (χ3n) is 11.5. The van der Waals surface area contributed by atoms with Crippen molar-refractivity contribution >= 4 is 66.7 Å². The Bertz CT molecular complexity index is 3410. The minimum atomic E-state index is 0.869. The average molecular weight is 732 g/mol. The molecule has 0 bridgehead atoms. The van der Waals surface area contributed by atoms with Crippen LogP contribution in [-0.4, -0.2) is 25.3 Å². The summed E-state index contributed by atoms with van der Waals surface area (Å²) < 4.78 is 11.2. The summed E-state index contributed by atoms with van der Waals surface area (Å²) in [6.07, 6.45) is 7.61. The molecule has 12 rings (SSSR count). The van der Waals surface area contributed by atoms with Crippen molar-refractivity contribution in [1.82, 2.24) is 19.1 Å². The van der Waals surface area contributed by atoms with Crippen LogP contribution in [0.4, 0.5) is 5.69 Å². The maximum absolute atomic E-state index is 6.46. The molecular formula is C51H33N5O. The first-order valence-corrected chi connectivity index (χ1v) is 19.4. The van der Waals surface area contributed by atoms with Gasteiger partial charge in [-0.3, -0.25) is 15.0 Å². The second-order valence-corrected chi connectivity index (χ2v) is 14.7. The smallest absolute Gasteiger partial charge is 0.135 e. The molecule has 0 aliphatic carbocycles. The normalized spacial score (nSPS) is 12.7. The fourth-order valence-electron chi connectivity index (χ4n) is 8.96. The molecule has 0 saturated carbocycles. The molecule has 0 unspecified atom stereocenters.